The minimum atomic E-state index is 0.317. The first kappa shape index (κ1) is 12.6. The van der Waals surface area contributed by atoms with Crippen molar-refractivity contribution in [3.63, 3.8) is 0 Å². The number of H-pyrrole nitrogens is 1. The second-order valence-corrected chi connectivity index (χ2v) is 4.93. The van der Waals surface area contributed by atoms with Gasteiger partial charge in [-0.3, -0.25) is 5.10 Å². The molecule has 0 spiro atoms. The van der Waals surface area contributed by atoms with Crippen molar-refractivity contribution in [2.45, 2.75) is 32.1 Å². The van der Waals surface area contributed by atoms with E-state index in [0.29, 0.717) is 23.1 Å². The maximum Gasteiger partial charge on any atom is 0.159 e. The highest BCUT2D eigenvalue weighted by molar-refractivity contribution is 5.54. The van der Waals surface area contributed by atoms with Crippen LogP contribution in [0.5, 0.6) is 0 Å². The van der Waals surface area contributed by atoms with Crippen LogP contribution in [0.4, 0.5) is 11.6 Å². The summed E-state index contributed by atoms with van der Waals surface area (Å²) in [6, 6.07) is 3.99. The summed E-state index contributed by atoms with van der Waals surface area (Å²) in [7, 11) is 0. The Morgan fingerprint density at radius 1 is 1.50 bits per heavy atom. The molecule has 1 radical (unpaired) electrons. The molecule has 101 valence electrons. The Labute approximate surface area is 117 Å². The molecule has 0 saturated heterocycles. The monoisotopic (exact) mass is 267 g/mol. The second kappa shape index (κ2) is 5.29. The predicted molar refractivity (Wildman–Crippen MR) is 74.2 cm³/mol. The average molecular weight is 267 g/mol. The highest BCUT2D eigenvalue weighted by Gasteiger charge is 2.19. The average Bonchev–Trinajstić information content (AvgIpc) is 3.11. The van der Waals surface area contributed by atoms with Gasteiger partial charge in [0.2, 0.25) is 0 Å². The molecule has 6 heteroatoms. The molecule has 0 bridgehead atoms. The van der Waals surface area contributed by atoms with Gasteiger partial charge >= 0.3 is 0 Å². The number of nitrogens with one attached hydrogen (secondary N) is 2. The molecule has 0 aromatic carbocycles. The summed E-state index contributed by atoms with van der Waals surface area (Å²) in [5, 5.41) is 19.2. The van der Waals surface area contributed by atoms with Gasteiger partial charge < -0.3 is 5.32 Å². The number of hydrogen-bond acceptors (Lipinski definition) is 5. The maximum atomic E-state index is 8.77. The molecule has 1 fully saturated rings. The van der Waals surface area contributed by atoms with Crippen LogP contribution in [0.2, 0.25) is 0 Å². The van der Waals surface area contributed by atoms with Crippen molar-refractivity contribution in [1.29, 1.82) is 5.26 Å². The van der Waals surface area contributed by atoms with Crippen molar-refractivity contribution < 1.29 is 0 Å². The normalized spacial score (nSPS) is 15.2. The maximum absolute atomic E-state index is 8.77. The molecule has 2 N–H and O–H groups in total. The lowest BCUT2D eigenvalue weighted by Crippen LogP contribution is -2.00. The van der Waals surface area contributed by atoms with Gasteiger partial charge in [-0.05, 0) is 32.6 Å². The molecule has 2 aromatic rings. The van der Waals surface area contributed by atoms with Crippen LogP contribution in [-0.4, -0.2) is 20.2 Å². The molecule has 20 heavy (non-hydrogen) atoms. The second-order valence-electron chi connectivity index (χ2n) is 4.93. The lowest BCUT2D eigenvalue weighted by atomic mass is 10.0. The van der Waals surface area contributed by atoms with E-state index in [4.69, 9.17) is 5.26 Å². The van der Waals surface area contributed by atoms with E-state index in [0.717, 1.165) is 17.9 Å². The molecule has 1 saturated carbocycles. The number of hydrogen-bond donors (Lipinski definition) is 2. The largest absolute Gasteiger partial charge is 0.322 e. The van der Waals surface area contributed by atoms with Gasteiger partial charge in [-0.2, -0.15) is 10.4 Å². The van der Waals surface area contributed by atoms with Crippen LogP contribution in [0, 0.1) is 24.7 Å². The van der Waals surface area contributed by atoms with Crippen LogP contribution in [0.3, 0.4) is 0 Å². The Bertz CT molecular complexity index is 648. The fourth-order valence-corrected chi connectivity index (χ4v) is 2.43. The van der Waals surface area contributed by atoms with Crippen molar-refractivity contribution in [1.82, 2.24) is 20.2 Å². The molecule has 0 aliphatic heterocycles. The third kappa shape index (κ3) is 2.48. The standard InChI is InChI=1S/C14H15N6/c1-9-14(16-8-11(7-15)17-9)18-13-6-12(19-20-13)10-4-2-3-5-10/h2,6,8,10H,3-5H2,1H3,(H2,16,18,19,20)/t10-/m0/s1. The first-order valence-electron chi connectivity index (χ1n) is 6.64. The van der Waals surface area contributed by atoms with E-state index in [1.54, 1.807) is 0 Å². The number of aromatic amines is 1. The number of rotatable bonds is 3. The molecular weight excluding hydrogens is 252 g/mol. The Morgan fingerprint density at radius 3 is 3.10 bits per heavy atom. The van der Waals surface area contributed by atoms with Gasteiger partial charge in [0.25, 0.3) is 0 Å². The number of aryl methyl sites for hydroxylation is 1. The molecule has 1 aliphatic carbocycles. The van der Waals surface area contributed by atoms with Crippen LogP contribution in [-0.2, 0) is 0 Å². The summed E-state index contributed by atoms with van der Waals surface area (Å²) in [4.78, 5) is 8.34. The highest BCUT2D eigenvalue weighted by Crippen LogP contribution is 2.33. The minimum absolute atomic E-state index is 0.317. The third-order valence-electron chi connectivity index (χ3n) is 3.52. The Kier molecular flexibility index (Phi) is 3.33. The quantitative estimate of drug-likeness (QED) is 0.892. The van der Waals surface area contributed by atoms with Gasteiger partial charge in [-0.25, -0.2) is 9.97 Å². The van der Waals surface area contributed by atoms with Crippen LogP contribution in [0.15, 0.2) is 12.3 Å². The van der Waals surface area contributed by atoms with Gasteiger partial charge in [0, 0.05) is 17.7 Å². The zero-order valence-electron chi connectivity index (χ0n) is 11.2. The van der Waals surface area contributed by atoms with E-state index in [1.807, 2.05) is 19.1 Å². The van der Waals surface area contributed by atoms with Crippen LogP contribution in [0.1, 0.15) is 42.3 Å². The summed E-state index contributed by atoms with van der Waals surface area (Å²) in [5.74, 6) is 1.90. The highest BCUT2D eigenvalue weighted by atomic mass is 15.2. The Balaban J connectivity index is 1.76. The summed E-state index contributed by atoms with van der Waals surface area (Å²) in [6.45, 7) is 1.82. The number of nitrogens with zero attached hydrogens (tertiary/aromatic N) is 4. The Hall–Kier alpha value is -2.42. The van der Waals surface area contributed by atoms with Crippen molar-refractivity contribution >= 4 is 11.6 Å². The van der Waals surface area contributed by atoms with E-state index in [2.05, 4.69) is 31.9 Å². The topological polar surface area (TPSA) is 90.3 Å². The zero-order chi connectivity index (χ0) is 13.9. The summed E-state index contributed by atoms with van der Waals surface area (Å²) in [5.41, 5.74) is 2.15. The summed E-state index contributed by atoms with van der Waals surface area (Å²) in [6.07, 6.45) is 7.23. The van der Waals surface area contributed by atoms with E-state index < -0.39 is 0 Å². The number of aromatic nitrogens is 4. The van der Waals surface area contributed by atoms with Gasteiger partial charge in [-0.15, -0.1) is 0 Å². The van der Waals surface area contributed by atoms with Crippen LogP contribution < -0.4 is 5.32 Å². The van der Waals surface area contributed by atoms with E-state index in [-0.39, 0.29) is 0 Å². The van der Waals surface area contributed by atoms with Crippen LogP contribution >= 0.6 is 0 Å². The van der Waals surface area contributed by atoms with Gasteiger partial charge in [0.15, 0.2) is 17.3 Å². The Morgan fingerprint density at radius 2 is 2.40 bits per heavy atom. The molecule has 1 aliphatic rings. The fraction of sp³-hybridized carbons (Fsp3) is 0.357. The molecule has 0 amide bonds. The van der Waals surface area contributed by atoms with E-state index in [9.17, 15) is 0 Å². The lowest BCUT2D eigenvalue weighted by molar-refractivity contribution is 0.699. The molecular formula is C14H15N6. The van der Waals surface area contributed by atoms with Crippen molar-refractivity contribution in [2.24, 2.45) is 0 Å². The van der Waals surface area contributed by atoms with Crippen molar-refractivity contribution in [3.05, 3.63) is 35.8 Å². The first-order valence-corrected chi connectivity index (χ1v) is 6.64. The third-order valence-corrected chi connectivity index (χ3v) is 3.52. The molecule has 6 nitrogen and oxygen atoms in total. The number of nitriles is 1. The van der Waals surface area contributed by atoms with Crippen molar-refractivity contribution in [3.8, 4) is 6.07 Å². The van der Waals surface area contributed by atoms with Crippen LogP contribution in [0.25, 0.3) is 0 Å². The SMILES string of the molecule is Cc1nc(C#N)cnc1Nc1cc([C@H]2C[CH]CC2)[nH]n1. The van der Waals surface area contributed by atoms with Crippen molar-refractivity contribution in [2.75, 3.05) is 5.32 Å². The smallest absolute Gasteiger partial charge is 0.159 e. The van der Waals surface area contributed by atoms with Gasteiger partial charge in [-0.1, -0.05) is 0 Å². The summed E-state index contributed by atoms with van der Waals surface area (Å²) < 4.78 is 0. The first-order chi connectivity index (χ1) is 9.76. The lowest BCUT2D eigenvalue weighted by Gasteiger charge is -2.05. The number of anilines is 2. The fourth-order valence-electron chi connectivity index (χ4n) is 2.43. The van der Waals surface area contributed by atoms with E-state index in [1.165, 1.54) is 19.0 Å². The predicted octanol–water partition coefficient (Wildman–Crippen LogP) is 2.60. The van der Waals surface area contributed by atoms with Gasteiger partial charge in [0.05, 0.1) is 11.9 Å². The molecule has 2 aromatic heterocycles. The van der Waals surface area contributed by atoms with E-state index >= 15 is 0 Å². The summed E-state index contributed by atoms with van der Waals surface area (Å²) >= 11 is 0. The molecule has 2 heterocycles. The molecule has 1 atom stereocenters. The molecule has 0 unspecified atom stereocenters. The zero-order valence-corrected chi connectivity index (χ0v) is 11.2. The van der Waals surface area contributed by atoms with Gasteiger partial charge in [0.1, 0.15) is 6.07 Å². The molecule has 3 rings (SSSR count). The minimum Gasteiger partial charge on any atom is -0.322 e.